The van der Waals surface area contributed by atoms with Gasteiger partial charge in [0.05, 0.1) is 6.07 Å². The Bertz CT molecular complexity index is 363. The molecule has 0 aliphatic carbocycles. The number of nitrogens with one attached hydrogen (secondary N) is 1. The third-order valence-electron chi connectivity index (χ3n) is 1.55. The van der Waals surface area contributed by atoms with Crippen molar-refractivity contribution in [2.75, 3.05) is 11.5 Å². The van der Waals surface area contributed by atoms with Crippen molar-refractivity contribution in [1.29, 1.82) is 0 Å². The van der Waals surface area contributed by atoms with E-state index in [9.17, 15) is 14.7 Å². The van der Waals surface area contributed by atoms with Crippen LogP contribution in [-0.2, 0) is 9.59 Å². The minimum Gasteiger partial charge on any atom is -0.550 e. The van der Waals surface area contributed by atoms with Crippen LogP contribution in [0.25, 0.3) is 0 Å². The van der Waals surface area contributed by atoms with E-state index in [0.717, 1.165) is 0 Å². The van der Waals surface area contributed by atoms with Crippen molar-refractivity contribution in [1.82, 2.24) is 4.98 Å². The Kier molecular flexibility index (Phi) is 7.13. The number of anilines is 2. The fourth-order valence-electron chi connectivity index (χ4n) is 0.872. The molecule has 0 unspecified atom stereocenters. The van der Waals surface area contributed by atoms with E-state index in [-0.39, 0.29) is 25.2 Å². The summed E-state index contributed by atoms with van der Waals surface area (Å²) in [4.78, 5) is 25.7. The number of nitrogen functional groups attached to an aromatic ring is 2. The highest BCUT2D eigenvalue weighted by atomic mass is 35.5. The molecule has 0 saturated heterocycles. The average Bonchev–Trinajstić information content (AvgIpc) is 2.14. The summed E-state index contributed by atoms with van der Waals surface area (Å²) in [5.74, 6) is -1.54. The molecule has 8 nitrogen and oxygen atoms in total. The lowest BCUT2D eigenvalue weighted by Crippen LogP contribution is -2.21. The molecule has 0 atom stereocenters. The maximum atomic E-state index is 9.77. The van der Waals surface area contributed by atoms with Crippen LogP contribution in [0.15, 0.2) is 6.07 Å². The lowest BCUT2D eigenvalue weighted by atomic mass is 10.2. The maximum absolute atomic E-state index is 9.77. The van der Waals surface area contributed by atoms with Gasteiger partial charge in [-0.2, -0.15) is 0 Å². The summed E-state index contributed by atoms with van der Waals surface area (Å²) in [6.45, 7) is 0. The number of carboxylic acids is 2. The summed E-state index contributed by atoms with van der Waals surface area (Å²) in [6, 6.07) is 1.48. The average molecular weight is 277 g/mol. The van der Waals surface area contributed by atoms with Crippen LogP contribution in [0.1, 0.15) is 19.3 Å². The van der Waals surface area contributed by atoms with Gasteiger partial charge in [-0.15, -0.1) is 0 Å². The largest absolute Gasteiger partial charge is 0.550 e. The number of carbonyl (C=O) groups is 2. The van der Waals surface area contributed by atoms with Crippen LogP contribution < -0.4 is 21.6 Å². The molecule has 6 N–H and O–H groups in total. The number of aromatic amines is 1. The fourth-order valence-corrected chi connectivity index (χ4v) is 1.08. The van der Waals surface area contributed by atoms with Crippen molar-refractivity contribution >= 4 is 35.3 Å². The molecule has 1 aromatic rings. The fraction of sp³-hybridized carbons (Fsp3) is 0.333. The van der Waals surface area contributed by atoms with Gasteiger partial charge in [0.2, 0.25) is 0 Å². The second-order valence-corrected chi connectivity index (χ2v) is 3.55. The van der Waals surface area contributed by atoms with E-state index in [0.29, 0.717) is 11.0 Å². The number of halogens is 1. The van der Waals surface area contributed by atoms with E-state index in [2.05, 4.69) is 9.97 Å². The highest BCUT2D eigenvalue weighted by molar-refractivity contribution is 6.29. The third kappa shape index (κ3) is 9.16. The predicted octanol–water partition coefficient (Wildman–Crippen LogP) is -1.30. The molecule has 0 aromatic carbocycles. The summed E-state index contributed by atoms with van der Waals surface area (Å²) in [6.07, 6.45) is -0.127. The topological polar surface area (TPSA) is 156 Å². The Morgan fingerprint density at radius 1 is 1.44 bits per heavy atom. The number of nitrogens with zero attached hydrogens (tertiary/aromatic N) is 1. The number of aromatic nitrogens is 2. The van der Waals surface area contributed by atoms with Crippen LogP contribution in [0.2, 0.25) is 5.15 Å². The molecule has 0 aliphatic heterocycles. The highest BCUT2D eigenvalue weighted by Crippen LogP contribution is 2.04. The minimum atomic E-state index is -1.20. The van der Waals surface area contributed by atoms with Gasteiger partial charge in [-0.05, 0) is 24.4 Å². The molecule has 1 heterocycles. The molecule has 1 aromatic heterocycles. The third-order valence-corrected chi connectivity index (χ3v) is 1.74. The van der Waals surface area contributed by atoms with Crippen molar-refractivity contribution < 1.29 is 24.8 Å². The van der Waals surface area contributed by atoms with E-state index in [1.165, 1.54) is 6.07 Å². The molecule has 0 bridgehead atoms. The normalized spacial score (nSPS) is 9.17. The molecule has 0 radical (unpaired) electrons. The van der Waals surface area contributed by atoms with Crippen LogP contribution in [0.3, 0.4) is 0 Å². The zero-order valence-electron chi connectivity index (χ0n) is 9.35. The number of carbonyl (C=O) groups excluding carboxylic acids is 1. The van der Waals surface area contributed by atoms with Crippen molar-refractivity contribution in [2.24, 2.45) is 0 Å². The van der Waals surface area contributed by atoms with Gasteiger partial charge in [-0.3, -0.25) is 4.79 Å². The first-order chi connectivity index (χ1) is 8.31. The van der Waals surface area contributed by atoms with Crippen LogP contribution >= 0.6 is 11.6 Å². The molecule has 0 aliphatic rings. The molecule has 0 saturated carbocycles. The number of H-pyrrole nitrogens is 1. The van der Waals surface area contributed by atoms with Crippen molar-refractivity contribution in [3.05, 3.63) is 11.2 Å². The molecule has 1 rings (SSSR count). The zero-order valence-corrected chi connectivity index (χ0v) is 10.1. The molecule has 100 valence electrons. The number of hydrogen-bond donors (Lipinski definition) is 3. The van der Waals surface area contributed by atoms with Gasteiger partial charge in [0, 0.05) is 12.4 Å². The molecule has 0 spiro atoms. The maximum Gasteiger partial charge on any atom is 0.343 e. The highest BCUT2D eigenvalue weighted by Gasteiger charge is 1.99. The van der Waals surface area contributed by atoms with Gasteiger partial charge in [0.1, 0.15) is 0 Å². The Morgan fingerprint density at radius 3 is 2.44 bits per heavy atom. The number of nitrogens with two attached hydrogens (primary N) is 2. The Labute approximate surface area is 108 Å². The molecule has 0 amide bonds. The van der Waals surface area contributed by atoms with Gasteiger partial charge in [0.25, 0.3) is 0 Å². The van der Waals surface area contributed by atoms with E-state index in [4.69, 9.17) is 28.2 Å². The summed E-state index contributed by atoms with van der Waals surface area (Å²) < 4.78 is 0. The number of aliphatic carboxylic acids is 2. The zero-order chi connectivity index (χ0) is 14.1. The summed E-state index contributed by atoms with van der Waals surface area (Å²) in [5.41, 5.74) is 10.5. The van der Waals surface area contributed by atoms with E-state index >= 15 is 0 Å². The second-order valence-electron chi connectivity index (χ2n) is 3.16. The monoisotopic (exact) mass is 276 g/mol. The SMILES string of the molecule is Nc1cc(Cl)nc(N)[nH+]1.O=C([O-])CCCC(=O)O. The van der Waals surface area contributed by atoms with Crippen LogP contribution in [0.5, 0.6) is 0 Å². The smallest absolute Gasteiger partial charge is 0.343 e. The van der Waals surface area contributed by atoms with E-state index < -0.39 is 11.9 Å². The molecule has 9 heteroatoms. The van der Waals surface area contributed by atoms with Crippen molar-refractivity contribution in [2.45, 2.75) is 19.3 Å². The Balaban J connectivity index is 0.000000321. The van der Waals surface area contributed by atoms with Gasteiger partial charge >= 0.3 is 11.9 Å². The number of hydrogen-bond acceptors (Lipinski definition) is 6. The first kappa shape index (κ1) is 15.9. The van der Waals surface area contributed by atoms with E-state index in [1.807, 2.05) is 0 Å². The lowest BCUT2D eigenvalue weighted by Gasteiger charge is -1.96. The Hall–Kier alpha value is -2.09. The lowest BCUT2D eigenvalue weighted by molar-refractivity contribution is -0.346. The molecular formula is C9H13ClN4O4. The van der Waals surface area contributed by atoms with Crippen LogP contribution in [-0.4, -0.2) is 22.0 Å². The number of carboxylic acid groups (broad SMARTS) is 2. The van der Waals surface area contributed by atoms with E-state index in [1.54, 1.807) is 0 Å². The number of rotatable bonds is 4. The van der Waals surface area contributed by atoms with Gasteiger partial charge < -0.3 is 26.5 Å². The van der Waals surface area contributed by atoms with Gasteiger partial charge in [0.15, 0.2) is 11.0 Å². The first-order valence-corrected chi connectivity index (χ1v) is 5.21. The van der Waals surface area contributed by atoms with Crippen molar-refractivity contribution in [3.63, 3.8) is 0 Å². The minimum absolute atomic E-state index is 0.103. The first-order valence-electron chi connectivity index (χ1n) is 4.83. The quantitative estimate of drug-likeness (QED) is 0.577. The van der Waals surface area contributed by atoms with Crippen LogP contribution in [0.4, 0.5) is 11.8 Å². The Morgan fingerprint density at radius 2 is 2.06 bits per heavy atom. The predicted molar refractivity (Wildman–Crippen MR) is 61.1 cm³/mol. The standard InChI is InChI=1S/C5H8O4.C4H5ClN4/c6-4(7)2-1-3-5(8)9;5-2-1-3(6)9-4(7)8-2/h1-3H2,(H,6,7)(H,8,9);1H,(H4,6,7,8,9). The summed E-state index contributed by atoms with van der Waals surface area (Å²) >= 11 is 5.46. The van der Waals surface area contributed by atoms with Gasteiger partial charge in [-0.1, -0.05) is 4.98 Å². The summed E-state index contributed by atoms with van der Waals surface area (Å²) in [5, 5.41) is 18.0. The molecular weight excluding hydrogens is 264 g/mol. The molecule has 0 fully saturated rings. The van der Waals surface area contributed by atoms with Crippen molar-refractivity contribution in [3.8, 4) is 0 Å². The van der Waals surface area contributed by atoms with Gasteiger partial charge in [-0.25, -0.2) is 4.98 Å². The summed E-state index contributed by atoms with van der Waals surface area (Å²) in [7, 11) is 0. The molecule has 18 heavy (non-hydrogen) atoms. The van der Waals surface area contributed by atoms with Crippen LogP contribution in [0, 0.1) is 0 Å². The second kappa shape index (κ2) is 8.07.